The molecule has 1 aromatic rings. The van der Waals surface area contributed by atoms with E-state index < -0.39 is 0 Å². The minimum atomic E-state index is 0.516. The molecule has 92 valence electrons. The Balaban J connectivity index is 1.95. The van der Waals surface area contributed by atoms with E-state index in [4.69, 9.17) is 4.74 Å². The maximum absolute atomic E-state index is 5.34. The predicted octanol–water partition coefficient (Wildman–Crippen LogP) is 2.78. The van der Waals surface area contributed by atoms with Crippen LogP contribution in [0.15, 0.2) is 18.2 Å². The van der Waals surface area contributed by atoms with Gasteiger partial charge in [-0.3, -0.25) is 0 Å². The SMILES string of the molecule is COc1ccc2c(c1)C1NC(C)CCSC1C2. The predicted molar refractivity (Wildman–Crippen MR) is 72.9 cm³/mol. The van der Waals surface area contributed by atoms with Gasteiger partial charge in [0.05, 0.1) is 7.11 Å². The fourth-order valence-electron chi connectivity index (χ4n) is 2.85. The quantitative estimate of drug-likeness (QED) is 0.827. The molecule has 2 nitrogen and oxygen atoms in total. The number of ether oxygens (including phenoxy) is 1. The third-order valence-electron chi connectivity index (χ3n) is 3.83. The van der Waals surface area contributed by atoms with Crippen LogP contribution in [0, 0.1) is 0 Å². The zero-order chi connectivity index (χ0) is 11.8. The fraction of sp³-hybridized carbons (Fsp3) is 0.571. The summed E-state index contributed by atoms with van der Waals surface area (Å²) in [7, 11) is 1.74. The van der Waals surface area contributed by atoms with Crippen molar-refractivity contribution < 1.29 is 4.74 Å². The normalized spacial score (nSPS) is 31.5. The summed E-state index contributed by atoms with van der Waals surface area (Å²) in [5.74, 6) is 2.26. The molecule has 1 fully saturated rings. The van der Waals surface area contributed by atoms with Gasteiger partial charge < -0.3 is 10.1 Å². The Hall–Kier alpha value is -0.670. The van der Waals surface area contributed by atoms with Crippen molar-refractivity contribution >= 4 is 11.8 Å². The second-order valence-corrected chi connectivity index (χ2v) is 6.36. The zero-order valence-corrected chi connectivity index (χ0v) is 11.2. The van der Waals surface area contributed by atoms with E-state index in [1.54, 1.807) is 7.11 Å². The number of fused-ring (bicyclic) bond motifs is 3. The van der Waals surface area contributed by atoms with Crippen molar-refractivity contribution in [3.8, 4) is 5.75 Å². The summed E-state index contributed by atoms with van der Waals surface area (Å²) in [5.41, 5.74) is 2.95. The molecule has 3 unspecified atom stereocenters. The Bertz CT molecular complexity index is 421. The van der Waals surface area contributed by atoms with Gasteiger partial charge in [-0.1, -0.05) is 6.07 Å². The molecule has 1 aromatic carbocycles. The van der Waals surface area contributed by atoms with Crippen molar-refractivity contribution in [3.05, 3.63) is 29.3 Å². The Labute approximate surface area is 107 Å². The molecule has 17 heavy (non-hydrogen) atoms. The fourth-order valence-corrected chi connectivity index (χ4v) is 4.36. The Morgan fingerprint density at radius 2 is 2.29 bits per heavy atom. The summed E-state index contributed by atoms with van der Waals surface area (Å²) in [6.45, 7) is 2.29. The highest BCUT2D eigenvalue weighted by Gasteiger charge is 2.35. The highest BCUT2D eigenvalue weighted by Crippen LogP contribution is 2.42. The molecular formula is C14H19NOS. The summed E-state index contributed by atoms with van der Waals surface area (Å²) in [4.78, 5) is 0. The van der Waals surface area contributed by atoms with Crippen LogP contribution >= 0.6 is 11.8 Å². The molecule has 1 aliphatic carbocycles. The lowest BCUT2D eigenvalue weighted by Gasteiger charge is -2.21. The Morgan fingerprint density at radius 3 is 3.12 bits per heavy atom. The van der Waals surface area contributed by atoms with Gasteiger partial charge in [-0.25, -0.2) is 0 Å². The number of thioether (sulfide) groups is 1. The van der Waals surface area contributed by atoms with Crippen molar-refractivity contribution in [1.82, 2.24) is 5.32 Å². The first-order valence-electron chi connectivity index (χ1n) is 6.32. The first kappa shape index (κ1) is 11.4. The van der Waals surface area contributed by atoms with Crippen LogP contribution in [-0.2, 0) is 6.42 Å². The molecular weight excluding hydrogens is 230 g/mol. The zero-order valence-electron chi connectivity index (χ0n) is 10.4. The molecule has 1 aliphatic heterocycles. The van der Waals surface area contributed by atoms with E-state index in [2.05, 4.69) is 42.2 Å². The number of hydrogen-bond acceptors (Lipinski definition) is 3. The number of benzene rings is 1. The van der Waals surface area contributed by atoms with E-state index in [0.29, 0.717) is 17.3 Å². The molecule has 3 atom stereocenters. The van der Waals surface area contributed by atoms with Crippen molar-refractivity contribution in [2.75, 3.05) is 12.9 Å². The van der Waals surface area contributed by atoms with E-state index in [1.807, 2.05) is 0 Å². The number of hydrogen-bond donors (Lipinski definition) is 1. The Morgan fingerprint density at radius 1 is 1.41 bits per heavy atom. The van der Waals surface area contributed by atoms with Gasteiger partial charge in [-0.15, -0.1) is 0 Å². The number of methoxy groups -OCH3 is 1. The minimum absolute atomic E-state index is 0.516. The summed E-state index contributed by atoms with van der Waals surface area (Å²) >= 11 is 2.13. The standard InChI is InChI=1S/C14H19NOS/c1-9-5-6-17-13-7-10-3-4-11(16-2)8-12(10)14(13)15-9/h3-4,8-9,13-15H,5-7H2,1-2H3. The molecule has 0 spiro atoms. The van der Waals surface area contributed by atoms with Crippen LogP contribution in [0.25, 0.3) is 0 Å². The molecule has 1 heterocycles. The van der Waals surface area contributed by atoms with Gasteiger partial charge in [0, 0.05) is 17.3 Å². The molecule has 0 amide bonds. The molecule has 0 bridgehead atoms. The van der Waals surface area contributed by atoms with E-state index in [9.17, 15) is 0 Å². The summed E-state index contributed by atoms with van der Waals surface area (Å²) in [6.07, 6.45) is 2.48. The topological polar surface area (TPSA) is 21.3 Å². The molecule has 1 N–H and O–H groups in total. The van der Waals surface area contributed by atoms with Crippen molar-refractivity contribution in [1.29, 1.82) is 0 Å². The highest BCUT2D eigenvalue weighted by molar-refractivity contribution is 7.99. The molecule has 0 radical (unpaired) electrons. The van der Waals surface area contributed by atoms with Crippen molar-refractivity contribution in [2.24, 2.45) is 0 Å². The maximum atomic E-state index is 5.34. The monoisotopic (exact) mass is 249 g/mol. The minimum Gasteiger partial charge on any atom is -0.497 e. The van der Waals surface area contributed by atoms with E-state index in [0.717, 1.165) is 5.75 Å². The smallest absolute Gasteiger partial charge is 0.119 e. The first-order valence-corrected chi connectivity index (χ1v) is 7.37. The van der Waals surface area contributed by atoms with Crippen LogP contribution in [-0.4, -0.2) is 24.2 Å². The average Bonchev–Trinajstić information content (AvgIpc) is 2.55. The van der Waals surface area contributed by atoms with E-state index >= 15 is 0 Å². The summed E-state index contributed by atoms with van der Waals surface area (Å²) < 4.78 is 5.34. The first-order chi connectivity index (χ1) is 8.28. The molecule has 3 heteroatoms. The van der Waals surface area contributed by atoms with Crippen molar-refractivity contribution in [2.45, 2.75) is 37.1 Å². The van der Waals surface area contributed by atoms with Crippen LogP contribution in [0.1, 0.15) is 30.5 Å². The molecule has 0 saturated carbocycles. The lowest BCUT2D eigenvalue weighted by atomic mass is 10.1. The van der Waals surface area contributed by atoms with Gasteiger partial charge in [-0.2, -0.15) is 11.8 Å². The van der Waals surface area contributed by atoms with Gasteiger partial charge in [0.1, 0.15) is 5.75 Å². The second-order valence-electron chi connectivity index (χ2n) is 5.01. The summed E-state index contributed by atoms with van der Waals surface area (Å²) in [5, 5.41) is 4.48. The van der Waals surface area contributed by atoms with Crippen LogP contribution in [0.4, 0.5) is 0 Å². The van der Waals surface area contributed by atoms with Crippen LogP contribution in [0.2, 0.25) is 0 Å². The molecule has 3 rings (SSSR count). The van der Waals surface area contributed by atoms with Gasteiger partial charge in [0.2, 0.25) is 0 Å². The van der Waals surface area contributed by atoms with E-state index in [1.165, 1.54) is 29.7 Å². The van der Waals surface area contributed by atoms with E-state index in [-0.39, 0.29) is 0 Å². The lowest BCUT2D eigenvalue weighted by Crippen LogP contribution is -2.31. The summed E-state index contributed by atoms with van der Waals surface area (Å²) in [6, 6.07) is 7.66. The van der Waals surface area contributed by atoms with Crippen LogP contribution in [0.5, 0.6) is 5.75 Å². The molecule has 2 aliphatic rings. The number of nitrogens with one attached hydrogen (secondary N) is 1. The van der Waals surface area contributed by atoms with Gasteiger partial charge in [0.25, 0.3) is 0 Å². The average molecular weight is 249 g/mol. The van der Waals surface area contributed by atoms with Crippen LogP contribution in [0.3, 0.4) is 0 Å². The third-order valence-corrected chi connectivity index (χ3v) is 5.17. The molecule has 0 aromatic heterocycles. The Kier molecular flexibility index (Phi) is 3.05. The van der Waals surface area contributed by atoms with Gasteiger partial charge in [0.15, 0.2) is 0 Å². The van der Waals surface area contributed by atoms with Crippen molar-refractivity contribution in [3.63, 3.8) is 0 Å². The number of rotatable bonds is 1. The second kappa shape index (κ2) is 4.54. The van der Waals surface area contributed by atoms with Crippen LogP contribution < -0.4 is 10.1 Å². The third kappa shape index (κ3) is 2.06. The van der Waals surface area contributed by atoms with Gasteiger partial charge in [-0.05, 0) is 48.8 Å². The lowest BCUT2D eigenvalue weighted by molar-refractivity contribution is 0.412. The highest BCUT2D eigenvalue weighted by atomic mass is 32.2. The van der Waals surface area contributed by atoms with Gasteiger partial charge >= 0.3 is 0 Å². The largest absolute Gasteiger partial charge is 0.497 e. The molecule has 1 saturated heterocycles. The maximum Gasteiger partial charge on any atom is 0.119 e.